The second-order valence-electron chi connectivity index (χ2n) is 4.74. The van der Waals surface area contributed by atoms with E-state index in [9.17, 15) is 0 Å². The lowest BCUT2D eigenvalue weighted by Crippen LogP contribution is -2.44. The van der Waals surface area contributed by atoms with Gasteiger partial charge in [-0.15, -0.1) is 0 Å². The highest BCUT2D eigenvalue weighted by Crippen LogP contribution is 2.21. The number of nitrogens with two attached hydrogens (primary N) is 1. The van der Waals surface area contributed by atoms with Crippen molar-refractivity contribution < 1.29 is 4.74 Å². The number of benzene rings is 1. The first-order valence-electron chi connectivity index (χ1n) is 6.28. The normalized spacial score (nSPS) is 22.2. The first-order chi connectivity index (χ1) is 8.74. The lowest BCUT2D eigenvalue weighted by atomic mass is 10.0. The lowest BCUT2D eigenvalue weighted by Gasteiger charge is -2.28. The molecule has 1 aromatic carbocycles. The number of H-pyrrole nitrogens is 1. The summed E-state index contributed by atoms with van der Waals surface area (Å²) in [5, 5.41) is 3.30. The van der Waals surface area contributed by atoms with Gasteiger partial charge >= 0.3 is 0 Å². The van der Waals surface area contributed by atoms with Crippen LogP contribution in [0.15, 0.2) is 18.2 Å². The molecule has 1 fully saturated rings. The van der Waals surface area contributed by atoms with Gasteiger partial charge in [-0.05, 0) is 24.6 Å². The van der Waals surface area contributed by atoms with Crippen molar-refractivity contribution in [1.82, 2.24) is 15.3 Å². The van der Waals surface area contributed by atoms with Crippen molar-refractivity contribution in [3.63, 3.8) is 0 Å². The Morgan fingerprint density at radius 1 is 1.50 bits per heavy atom. The number of morpholine rings is 1. The van der Waals surface area contributed by atoms with Crippen LogP contribution < -0.4 is 11.1 Å². The minimum Gasteiger partial charge on any atom is -0.374 e. The van der Waals surface area contributed by atoms with Crippen molar-refractivity contribution in [2.24, 2.45) is 5.73 Å². The maximum atomic E-state index is 6.27. The molecule has 2 heterocycles. The van der Waals surface area contributed by atoms with Crippen molar-refractivity contribution in [3.05, 3.63) is 29.6 Å². The van der Waals surface area contributed by atoms with Crippen LogP contribution in [0, 0.1) is 6.92 Å². The van der Waals surface area contributed by atoms with Gasteiger partial charge in [-0.3, -0.25) is 0 Å². The number of hydrogen-bond acceptors (Lipinski definition) is 4. The van der Waals surface area contributed by atoms with Gasteiger partial charge in [0, 0.05) is 13.1 Å². The molecule has 4 N–H and O–H groups in total. The van der Waals surface area contributed by atoms with Gasteiger partial charge in [0.2, 0.25) is 0 Å². The van der Waals surface area contributed by atoms with Crippen molar-refractivity contribution in [2.45, 2.75) is 19.1 Å². The third-order valence-electron chi connectivity index (χ3n) is 3.37. The minimum absolute atomic E-state index is 0.0419. The number of hydrogen-bond donors (Lipinski definition) is 3. The molecule has 1 aliphatic rings. The van der Waals surface area contributed by atoms with E-state index in [1.807, 2.05) is 19.1 Å². The largest absolute Gasteiger partial charge is 0.374 e. The minimum atomic E-state index is -0.106. The van der Waals surface area contributed by atoms with E-state index in [0.29, 0.717) is 0 Å². The second-order valence-corrected chi connectivity index (χ2v) is 4.74. The molecule has 3 rings (SSSR count). The van der Waals surface area contributed by atoms with Gasteiger partial charge in [0.1, 0.15) is 5.82 Å². The monoisotopic (exact) mass is 246 g/mol. The molecule has 2 unspecified atom stereocenters. The number of aromatic amines is 1. The fraction of sp³-hybridized carbons (Fsp3) is 0.462. The van der Waals surface area contributed by atoms with E-state index in [-0.39, 0.29) is 12.1 Å². The zero-order valence-corrected chi connectivity index (χ0v) is 10.4. The Hall–Kier alpha value is -1.43. The van der Waals surface area contributed by atoms with Crippen molar-refractivity contribution in [1.29, 1.82) is 0 Å². The van der Waals surface area contributed by atoms with Crippen LogP contribution in [0.25, 0.3) is 11.0 Å². The Bertz CT molecular complexity index is 545. The van der Waals surface area contributed by atoms with Crippen LogP contribution in [-0.4, -0.2) is 35.8 Å². The number of rotatable bonds is 2. The zero-order chi connectivity index (χ0) is 12.5. The van der Waals surface area contributed by atoms with Gasteiger partial charge in [-0.25, -0.2) is 4.98 Å². The molecular formula is C13H18N4O. The van der Waals surface area contributed by atoms with E-state index in [0.717, 1.165) is 42.1 Å². The lowest BCUT2D eigenvalue weighted by molar-refractivity contribution is 0.0122. The maximum Gasteiger partial charge on any atom is 0.104 e. The molecule has 1 saturated heterocycles. The number of aryl methyl sites for hydroxylation is 1. The number of nitrogens with zero attached hydrogens (tertiary/aromatic N) is 1. The number of nitrogens with one attached hydrogen (secondary N) is 2. The number of aromatic nitrogens is 2. The summed E-state index contributed by atoms with van der Waals surface area (Å²) >= 11 is 0. The SMILES string of the molecule is Cc1nc2ccc(C(N)C3CNCCO3)cc2[nH]1. The smallest absolute Gasteiger partial charge is 0.104 e. The molecule has 5 heteroatoms. The second kappa shape index (κ2) is 4.68. The van der Waals surface area contributed by atoms with Gasteiger partial charge in [-0.1, -0.05) is 6.07 Å². The van der Waals surface area contributed by atoms with Gasteiger partial charge in [0.05, 0.1) is 29.8 Å². The van der Waals surface area contributed by atoms with E-state index in [4.69, 9.17) is 10.5 Å². The molecule has 0 aliphatic carbocycles. The Labute approximate surface area is 106 Å². The van der Waals surface area contributed by atoms with Crippen LogP contribution in [0.3, 0.4) is 0 Å². The molecule has 0 radical (unpaired) electrons. The van der Waals surface area contributed by atoms with Gasteiger partial charge in [0.25, 0.3) is 0 Å². The van der Waals surface area contributed by atoms with Crippen LogP contribution in [0.2, 0.25) is 0 Å². The molecule has 1 aliphatic heterocycles. The van der Waals surface area contributed by atoms with Crippen molar-refractivity contribution in [2.75, 3.05) is 19.7 Å². The predicted octanol–water partition coefficient (Wildman–Crippen LogP) is 0.860. The topological polar surface area (TPSA) is 76.0 Å². The third kappa shape index (κ3) is 2.12. The maximum absolute atomic E-state index is 6.27. The highest BCUT2D eigenvalue weighted by Gasteiger charge is 2.22. The molecule has 2 atom stereocenters. The van der Waals surface area contributed by atoms with Crippen LogP contribution in [-0.2, 0) is 4.74 Å². The van der Waals surface area contributed by atoms with E-state index < -0.39 is 0 Å². The summed E-state index contributed by atoms with van der Waals surface area (Å²) in [5.41, 5.74) is 9.36. The van der Waals surface area contributed by atoms with Gasteiger partial charge in [0.15, 0.2) is 0 Å². The van der Waals surface area contributed by atoms with Gasteiger partial charge in [-0.2, -0.15) is 0 Å². The quantitative estimate of drug-likeness (QED) is 0.734. The first-order valence-corrected chi connectivity index (χ1v) is 6.28. The molecule has 0 spiro atoms. The van der Waals surface area contributed by atoms with Crippen LogP contribution in [0.5, 0.6) is 0 Å². The average molecular weight is 246 g/mol. The number of ether oxygens (including phenoxy) is 1. The van der Waals surface area contributed by atoms with E-state index in [1.54, 1.807) is 0 Å². The molecule has 0 bridgehead atoms. The summed E-state index contributed by atoms with van der Waals surface area (Å²) in [4.78, 5) is 7.62. The molecule has 0 amide bonds. The van der Waals surface area contributed by atoms with E-state index in [2.05, 4.69) is 21.4 Å². The standard InChI is InChI=1S/C13H18N4O/c1-8-16-10-3-2-9(6-11(10)17-8)13(14)12-7-15-4-5-18-12/h2-3,6,12-13,15H,4-5,7,14H2,1H3,(H,16,17). The highest BCUT2D eigenvalue weighted by molar-refractivity contribution is 5.76. The van der Waals surface area contributed by atoms with Crippen LogP contribution in [0.4, 0.5) is 0 Å². The van der Waals surface area contributed by atoms with Crippen LogP contribution >= 0.6 is 0 Å². The first kappa shape index (κ1) is 11.6. The van der Waals surface area contributed by atoms with Crippen molar-refractivity contribution in [3.8, 4) is 0 Å². The fourth-order valence-electron chi connectivity index (χ4n) is 2.39. The summed E-state index contributed by atoms with van der Waals surface area (Å²) in [6.45, 7) is 4.39. The summed E-state index contributed by atoms with van der Waals surface area (Å²) in [7, 11) is 0. The summed E-state index contributed by atoms with van der Waals surface area (Å²) in [6.07, 6.45) is 0.0419. The fourth-order valence-corrected chi connectivity index (χ4v) is 2.39. The Morgan fingerprint density at radius 2 is 2.39 bits per heavy atom. The zero-order valence-electron chi connectivity index (χ0n) is 10.4. The summed E-state index contributed by atoms with van der Waals surface area (Å²) in [5.74, 6) is 0.923. The molecule has 5 nitrogen and oxygen atoms in total. The number of fused-ring (bicyclic) bond motifs is 1. The Morgan fingerprint density at radius 3 is 3.17 bits per heavy atom. The Balaban J connectivity index is 1.88. The Kier molecular flexibility index (Phi) is 3.03. The van der Waals surface area contributed by atoms with E-state index >= 15 is 0 Å². The molecule has 0 saturated carbocycles. The van der Waals surface area contributed by atoms with E-state index in [1.165, 1.54) is 0 Å². The molecule has 1 aromatic heterocycles. The van der Waals surface area contributed by atoms with Gasteiger partial charge < -0.3 is 20.8 Å². The van der Waals surface area contributed by atoms with Crippen LogP contribution in [0.1, 0.15) is 17.4 Å². The molecule has 18 heavy (non-hydrogen) atoms. The summed E-state index contributed by atoms with van der Waals surface area (Å²) in [6, 6.07) is 6.00. The molecule has 2 aromatic rings. The summed E-state index contributed by atoms with van der Waals surface area (Å²) < 4.78 is 5.70. The van der Waals surface area contributed by atoms with Crippen molar-refractivity contribution >= 4 is 11.0 Å². The molecular weight excluding hydrogens is 228 g/mol. The predicted molar refractivity (Wildman–Crippen MR) is 70.4 cm³/mol. The average Bonchev–Trinajstić information content (AvgIpc) is 2.78. The highest BCUT2D eigenvalue weighted by atomic mass is 16.5. The third-order valence-corrected chi connectivity index (χ3v) is 3.37. The number of imidazole rings is 1. The molecule has 96 valence electrons.